The molecule has 166 valence electrons. The van der Waals surface area contributed by atoms with Crippen molar-refractivity contribution in [1.29, 1.82) is 0 Å². The molecule has 1 unspecified atom stereocenters. The number of rotatable bonds is 5. The van der Waals surface area contributed by atoms with Crippen LogP contribution in [0, 0.1) is 52.3 Å². The number of aliphatic hydroxyl groups is 1. The van der Waals surface area contributed by atoms with Gasteiger partial charge >= 0.3 is 0 Å². The zero-order valence-electron chi connectivity index (χ0n) is 19.8. The maximum absolute atomic E-state index is 12.2. The van der Waals surface area contributed by atoms with Gasteiger partial charge in [-0.2, -0.15) is 0 Å². The Labute approximate surface area is 179 Å². The standard InChI is InChI=1S/C27H46O2/c1-17(2)24(28)14-9-18(3)21-12-13-22-20-11-10-19-7-6-8-25(29)27(19,5)23(20)15-16-26(21,22)4/h17-23,25,29H,6-16H2,1-5H3/t18-,19+,20+,21-,22-,23-,25?,26+,27-/m0/s1. The first-order valence-corrected chi connectivity index (χ1v) is 12.9. The van der Waals surface area contributed by atoms with Gasteiger partial charge in [0.1, 0.15) is 5.78 Å². The van der Waals surface area contributed by atoms with Crippen LogP contribution in [0.3, 0.4) is 0 Å². The summed E-state index contributed by atoms with van der Waals surface area (Å²) < 4.78 is 0. The van der Waals surface area contributed by atoms with E-state index in [0.717, 1.165) is 48.9 Å². The van der Waals surface area contributed by atoms with Gasteiger partial charge in [0.05, 0.1) is 6.10 Å². The van der Waals surface area contributed by atoms with Crippen LogP contribution in [0.4, 0.5) is 0 Å². The smallest absolute Gasteiger partial charge is 0.135 e. The van der Waals surface area contributed by atoms with E-state index in [4.69, 9.17) is 0 Å². The van der Waals surface area contributed by atoms with Crippen molar-refractivity contribution in [2.24, 2.45) is 52.3 Å². The van der Waals surface area contributed by atoms with Gasteiger partial charge in [0.15, 0.2) is 0 Å². The Morgan fingerprint density at radius 3 is 2.45 bits per heavy atom. The first-order chi connectivity index (χ1) is 13.7. The van der Waals surface area contributed by atoms with Gasteiger partial charge in [0, 0.05) is 12.3 Å². The van der Waals surface area contributed by atoms with Crippen molar-refractivity contribution in [1.82, 2.24) is 0 Å². The molecule has 29 heavy (non-hydrogen) atoms. The molecule has 4 aliphatic rings. The van der Waals surface area contributed by atoms with Gasteiger partial charge in [-0.15, -0.1) is 0 Å². The molecule has 0 spiro atoms. The fraction of sp³-hybridized carbons (Fsp3) is 0.963. The van der Waals surface area contributed by atoms with Crippen LogP contribution in [0.2, 0.25) is 0 Å². The minimum atomic E-state index is -0.0726. The van der Waals surface area contributed by atoms with E-state index in [2.05, 4.69) is 20.8 Å². The Hall–Kier alpha value is -0.370. The van der Waals surface area contributed by atoms with E-state index >= 15 is 0 Å². The van der Waals surface area contributed by atoms with Gasteiger partial charge in [-0.05, 0) is 104 Å². The van der Waals surface area contributed by atoms with Crippen LogP contribution in [-0.4, -0.2) is 17.0 Å². The summed E-state index contributed by atoms with van der Waals surface area (Å²) in [6, 6.07) is 0. The molecule has 2 nitrogen and oxygen atoms in total. The number of aliphatic hydroxyl groups excluding tert-OH is 1. The van der Waals surface area contributed by atoms with E-state index < -0.39 is 0 Å². The van der Waals surface area contributed by atoms with Gasteiger partial charge in [-0.1, -0.05) is 41.0 Å². The van der Waals surface area contributed by atoms with Crippen LogP contribution in [0.1, 0.15) is 105 Å². The summed E-state index contributed by atoms with van der Waals surface area (Å²) in [4.78, 5) is 12.2. The molecule has 0 aromatic carbocycles. The second kappa shape index (κ2) is 7.95. The zero-order chi connectivity index (χ0) is 21.0. The lowest BCUT2D eigenvalue weighted by Gasteiger charge is -2.62. The second-order valence-electron chi connectivity index (χ2n) is 12.3. The van der Waals surface area contributed by atoms with Crippen LogP contribution in [0.5, 0.6) is 0 Å². The Morgan fingerprint density at radius 1 is 0.966 bits per heavy atom. The van der Waals surface area contributed by atoms with Gasteiger partial charge in [-0.25, -0.2) is 0 Å². The minimum absolute atomic E-state index is 0.0726. The van der Waals surface area contributed by atoms with Gasteiger partial charge in [-0.3, -0.25) is 4.79 Å². The van der Waals surface area contributed by atoms with Crippen molar-refractivity contribution in [3.63, 3.8) is 0 Å². The lowest BCUT2D eigenvalue weighted by molar-refractivity contribution is -0.164. The Balaban J connectivity index is 1.49. The Kier molecular flexibility index (Phi) is 5.99. The maximum atomic E-state index is 12.2. The first-order valence-electron chi connectivity index (χ1n) is 12.9. The van der Waals surface area contributed by atoms with E-state index in [9.17, 15) is 9.90 Å². The van der Waals surface area contributed by atoms with Crippen LogP contribution in [0.15, 0.2) is 0 Å². The van der Waals surface area contributed by atoms with E-state index in [0.29, 0.717) is 17.1 Å². The monoisotopic (exact) mass is 402 g/mol. The predicted octanol–water partition coefficient (Wildman–Crippen LogP) is 6.65. The topological polar surface area (TPSA) is 37.3 Å². The SMILES string of the molecule is CC(C)C(=O)CC[C@H](C)[C@@H]1CC[C@H]2[C@H]3CC[C@H]4CCCC(O)[C@]4(C)[C@H]3CC[C@@]21C. The zero-order valence-corrected chi connectivity index (χ0v) is 19.8. The summed E-state index contributed by atoms with van der Waals surface area (Å²) in [6.45, 7) is 11.6. The molecule has 0 bridgehead atoms. The molecular weight excluding hydrogens is 356 g/mol. The van der Waals surface area contributed by atoms with E-state index in [1.807, 2.05) is 13.8 Å². The first kappa shape index (κ1) is 21.8. The van der Waals surface area contributed by atoms with E-state index in [-0.39, 0.29) is 17.4 Å². The van der Waals surface area contributed by atoms with Crippen molar-refractivity contribution in [2.75, 3.05) is 0 Å². The van der Waals surface area contributed by atoms with Crippen molar-refractivity contribution in [2.45, 2.75) is 111 Å². The van der Waals surface area contributed by atoms with E-state index in [1.165, 1.54) is 51.4 Å². The lowest BCUT2D eigenvalue weighted by atomic mass is 9.44. The Morgan fingerprint density at radius 2 is 1.72 bits per heavy atom. The average Bonchev–Trinajstić information content (AvgIpc) is 3.04. The second-order valence-corrected chi connectivity index (χ2v) is 12.3. The number of hydrogen-bond acceptors (Lipinski definition) is 2. The summed E-state index contributed by atoms with van der Waals surface area (Å²) >= 11 is 0. The maximum Gasteiger partial charge on any atom is 0.135 e. The molecule has 9 atom stereocenters. The quantitative estimate of drug-likeness (QED) is 0.559. The van der Waals surface area contributed by atoms with Crippen LogP contribution >= 0.6 is 0 Å². The fourth-order valence-corrected chi connectivity index (χ4v) is 9.15. The van der Waals surface area contributed by atoms with Crippen LogP contribution in [-0.2, 0) is 4.79 Å². The highest BCUT2D eigenvalue weighted by Gasteiger charge is 2.61. The fourth-order valence-electron chi connectivity index (χ4n) is 9.15. The molecule has 4 aliphatic carbocycles. The van der Waals surface area contributed by atoms with Crippen LogP contribution < -0.4 is 0 Å². The number of fused-ring (bicyclic) bond motifs is 5. The normalized spacial score (nSPS) is 48.0. The third kappa shape index (κ3) is 3.44. The summed E-state index contributed by atoms with van der Waals surface area (Å²) in [7, 11) is 0. The highest BCUT2D eigenvalue weighted by molar-refractivity contribution is 5.80. The van der Waals surface area contributed by atoms with Crippen molar-refractivity contribution < 1.29 is 9.90 Å². The summed E-state index contributed by atoms with van der Waals surface area (Å²) in [5.74, 6) is 5.26. The molecule has 0 saturated heterocycles. The molecule has 2 heteroatoms. The molecule has 0 heterocycles. The van der Waals surface area contributed by atoms with Crippen LogP contribution in [0.25, 0.3) is 0 Å². The average molecular weight is 403 g/mol. The third-order valence-corrected chi connectivity index (χ3v) is 11.0. The molecular formula is C27H46O2. The largest absolute Gasteiger partial charge is 0.393 e. The van der Waals surface area contributed by atoms with Gasteiger partial charge < -0.3 is 5.11 Å². The number of ketones is 1. The Bertz CT molecular complexity index is 612. The number of carbonyl (C=O) groups excluding carboxylic acids is 1. The molecule has 4 fully saturated rings. The molecule has 4 rings (SSSR count). The molecule has 4 saturated carbocycles. The number of carbonyl (C=O) groups is 1. The van der Waals surface area contributed by atoms with E-state index in [1.54, 1.807) is 0 Å². The lowest BCUT2D eigenvalue weighted by Crippen LogP contribution is -2.57. The molecule has 1 N–H and O–H groups in total. The van der Waals surface area contributed by atoms with Crippen molar-refractivity contribution in [3.05, 3.63) is 0 Å². The summed E-state index contributed by atoms with van der Waals surface area (Å²) in [5, 5.41) is 11.1. The van der Waals surface area contributed by atoms with Gasteiger partial charge in [0.2, 0.25) is 0 Å². The highest BCUT2D eigenvalue weighted by Crippen LogP contribution is 2.68. The molecule has 0 aromatic heterocycles. The molecule has 0 amide bonds. The summed E-state index contributed by atoms with van der Waals surface area (Å²) in [5.41, 5.74) is 0.639. The number of Topliss-reactive ketones (excluding diaryl/α,β-unsaturated/α-hetero) is 1. The van der Waals surface area contributed by atoms with Crippen molar-refractivity contribution >= 4 is 5.78 Å². The molecule has 0 aliphatic heterocycles. The van der Waals surface area contributed by atoms with Crippen molar-refractivity contribution in [3.8, 4) is 0 Å². The predicted molar refractivity (Wildman–Crippen MR) is 119 cm³/mol. The molecule has 0 radical (unpaired) electrons. The minimum Gasteiger partial charge on any atom is -0.393 e. The summed E-state index contributed by atoms with van der Waals surface area (Å²) in [6.07, 6.45) is 13.6. The number of hydrogen-bond donors (Lipinski definition) is 1. The highest BCUT2D eigenvalue weighted by atomic mass is 16.3. The molecule has 0 aromatic rings. The third-order valence-electron chi connectivity index (χ3n) is 11.0. The van der Waals surface area contributed by atoms with Gasteiger partial charge in [0.25, 0.3) is 0 Å².